The van der Waals surface area contributed by atoms with Crippen molar-refractivity contribution in [2.75, 3.05) is 19.8 Å². The maximum Gasteiger partial charge on any atom is 0.139 e. The quantitative estimate of drug-likeness (QED) is 0.771. The molecule has 1 atom stereocenters. The van der Waals surface area contributed by atoms with E-state index >= 15 is 0 Å². The molecule has 0 amide bonds. The lowest BCUT2D eigenvalue weighted by atomic mass is 10.1. The maximum absolute atomic E-state index is 5.77. The summed E-state index contributed by atoms with van der Waals surface area (Å²) in [6.45, 7) is 2.33. The van der Waals surface area contributed by atoms with E-state index < -0.39 is 0 Å². The van der Waals surface area contributed by atoms with Gasteiger partial charge in [0, 0.05) is 24.8 Å². The van der Waals surface area contributed by atoms with Crippen molar-refractivity contribution in [2.45, 2.75) is 6.42 Å². The lowest BCUT2D eigenvalue weighted by Gasteiger charge is -2.09. The zero-order chi connectivity index (χ0) is 9.80. The van der Waals surface area contributed by atoms with Gasteiger partial charge in [-0.15, -0.1) is 0 Å². The van der Waals surface area contributed by atoms with Gasteiger partial charge in [-0.1, -0.05) is 11.6 Å². The van der Waals surface area contributed by atoms with Gasteiger partial charge in [-0.05, 0) is 6.42 Å². The SMILES string of the molecule is Clc1cncc(OCC2CCOC2)c1. The van der Waals surface area contributed by atoms with Gasteiger partial charge in [0.1, 0.15) is 5.75 Å². The van der Waals surface area contributed by atoms with Gasteiger partial charge in [0.05, 0.1) is 24.4 Å². The summed E-state index contributed by atoms with van der Waals surface area (Å²) in [7, 11) is 0. The molecule has 0 saturated carbocycles. The van der Waals surface area contributed by atoms with Crippen LogP contribution in [0.5, 0.6) is 5.75 Å². The van der Waals surface area contributed by atoms with Crippen LogP contribution in [0.1, 0.15) is 6.42 Å². The summed E-state index contributed by atoms with van der Waals surface area (Å²) in [4.78, 5) is 3.94. The molecule has 0 aliphatic carbocycles. The van der Waals surface area contributed by atoms with E-state index in [9.17, 15) is 0 Å². The normalized spacial score (nSPS) is 21.1. The summed E-state index contributed by atoms with van der Waals surface area (Å²) in [6.07, 6.45) is 4.34. The zero-order valence-electron chi connectivity index (χ0n) is 7.78. The van der Waals surface area contributed by atoms with Crippen LogP contribution in [0.4, 0.5) is 0 Å². The van der Waals surface area contributed by atoms with Crippen LogP contribution in [-0.4, -0.2) is 24.8 Å². The van der Waals surface area contributed by atoms with Gasteiger partial charge >= 0.3 is 0 Å². The van der Waals surface area contributed by atoms with Gasteiger partial charge in [0.2, 0.25) is 0 Å². The van der Waals surface area contributed by atoms with Crippen molar-refractivity contribution in [3.05, 3.63) is 23.5 Å². The smallest absolute Gasteiger partial charge is 0.139 e. The number of hydrogen-bond donors (Lipinski definition) is 0. The lowest BCUT2D eigenvalue weighted by Crippen LogP contribution is -2.11. The van der Waals surface area contributed by atoms with Crippen molar-refractivity contribution in [1.29, 1.82) is 0 Å². The van der Waals surface area contributed by atoms with Crippen LogP contribution < -0.4 is 4.74 Å². The Morgan fingerprint density at radius 2 is 2.50 bits per heavy atom. The molecule has 1 fully saturated rings. The fraction of sp³-hybridized carbons (Fsp3) is 0.500. The summed E-state index contributed by atoms with van der Waals surface area (Å²) in [6, 6.07) is 1.77. The second-order valence-electron chi connectivity index (χ2n) is 3.38. The molecular formula is C10H12ClNO2. The van der Waals surface area contributed by atoms with Gasteiger partial charge in [-0.3, -0.25) is 4.98 Å². The fourth-order valence-corrected chi connectivity index (χ4v) is 1.56. The first-order valence-corrected chi connectivity index (χ1v) is 5.03. The topological polar surface area (TPSA) is 31.4 Å². The largest absolute Gasteiger partial charge is 0.492 e. The Balaban J connectivity index is 1.85. The van der Waals surface area contributed by atoms with E-state index in [2.05, 4.69) is 4.98 Å². The van der Waals surface area contributed by atoms with Gasteiger partial charge in [0.15, 0.2) is 0 Å². The number of hydrogen-bond acceptors (Lipinski definition) is 3. The molecule has 1 aromatic heterocycles. The van der Waals surface area contributed by atoms with Gasteiger partial charge in [-0.2, -0.15) is 0 Å². The number of ether oxygens (including phenoxy) is 2. The molecule has 0 bridgehead atoms. The molecule has 1 unspecified atom stereocenters. The third-order valence-electron chi connectivity index (χ3n) is 2.19. The molecule has 0 spiro atoms. The highest BCUT2D eigenvalue weighted by Gasteiger charge is 2.16. The molecular weight excluding hydrogens is 202 g/mol. The van der Waals surface area contributed by atoms with Gasteiger partial charge < -0.3 is 9.47 Å². The minimum absolute atomic E-state index is 0.508. The predicted molar refractivity (Wildman–Crippen MR) is 53.7 cm³/mol. The highest BCUT2D eigenvalue weighted by atomic mass is 35.5. The molecule has 0 aromatic carbocycles. The van der Waals surface area contributed by atoms with Crippen LogP contribution >= 0.6 is 11.6 Å². The molecule has 1 aliphatic rings. The number of pyridine rings is 1. The lowest BCUT2D eigenvalue weighted by molar-refractivity contribution is 0.167. The van der Waals surface area contributed by atoms with E-state index in [1.165, 1.54) is 0 Å². The van der Waals surface area contributed by atoms with E-state index in [4.69, 9.17) is 21.1 Å². The molecule has 2 rings (SSSR count). The standard InChI is InChI=1S/C10H12ClNO2/c11-9-3-10(5-12-4-9)14-7-8-1-2-13-6-8/h3-5,8H,1-2,6-7H2. The van der Waals surface area contributed by atoms with Crippen LogP contribution in [-0.2, 0) is 4.74 Å². The summed E-state index contributed by atoms with van der Waals surface area (Å²) in [5.41, 5.74) is 0. The predicted octanol–water partition coefficient (Wildman–Crippen LogP) is 2.15. The monoisotopic (exact) mass is 213 g/mol. The van der Waals surface area contributed by atoms with E-state index in [0.717, 1.165) is 25.4 Å². The number of aromatic nitrogens is 1. The third kappa shape index (κ3) is 2.59. The van der Waals surface area contributed by atoms with Crippen molar-refractivity contribution in [3.63, 3.8) is 0 Å². The first-order valence-electron chi connectivity index (χ1n) is 4.65. The van der Waals surface area contributed by atoms with Crippen molar-refractivity contribution < 1.29 is 9.47 Å². The highest BCUT2D eigenvalue weighted by Crippen LogP contribution is 2.18. The second kappa shape index (κ2) is 4.62. The van der Waals surface area contributed by atoms with Crippen molar-refractivity contribution >= 4 is 11.6 Å². The molecule has 4 heteroatoms. The van der Waals surface area contributed by atoms with E-state index in [1.54, 1.807) is 18.5 Å². The Labute approximate surface area is 88.0 Å². The van der Waals surface area contributed by atoms with E-state index in [-0.39, 0.29) is 0 Å². The minimum atomic E-state index is 0.508. The number of rotatable bonds is 3. The summed E-state index contributed by atoms with van der Waals surface area (Å²) in [5.74, 6) is 1.23. The summed E-state index contributed by atoms with van der Waals surface area (Å²) >= 11 is 5.77. The average molecular weight is 214 g/mol. The minimum Gasteiger partial charge on any atom is -0.492 e. The van der Waals surface area contributed by atoms with Crippen LogP contribution in [0.3, 0.4) is 0 Å². The van der Waals surface area contributed by atoms with Gasteiger partial charge in [0.25, 0.3) is 0 Å². The van der Waals surface area contributed by atoms with Crippen molar-refractivity contribution in [1.82, 2.24) is 4.98 Å². The molecule has 0 N–H and O–H groups in total. The van der Waals surface area contributed by atoms with E-state index in [0.29, 0.717) is 17.5 Å². The van der Waals surface area contributed by atoms with Crippen LogP contribution in [0.15, 0.2) is 18.5 Å². The Morgan fingerprint density at radius 3 is 3.21 bits per heavy atom. The Morgan fingerprint density at radius 1 is 1.57 bits per heavy atom. The molecule has 0 radical (unpaired) electrons. The Hall–Kier alpha value is -0.800. The summed E-state index contributed by atoms with van der Waals surface area (Å²) in [5, 5.41) is 0.602. The first kappa shape index (κ1) is 9.74. The second-order valence-corrected chi connectivity index (χ2v) is 3.82. The van der Waals surface area contributed by atoms with E-state index in [1.807, 2.05) is 0 Å². The molecule has 1 saturated heterocycles. The summed E-state index contributed by atoms with van der Waals surface area (Å²) < 4.78 is 10.8. The third-order valence-corrected chi connectivity index (χ3v) is 2.40. The molecule has 14 heavy (non-hydrogen) atoms. The molecule has 1 aliphatic heterocycles. The van der Waals surface area contributed by atoms with Crippen LogP contribution in [0.2, 0.25) is 5.02 Å². The van der Waals surface area contributed by atoms with Crippen molar-refractivity contribution in [3.8, 4) is 5.75 Å². The van der Waals surface area contributed by atoms with Crippen LogP contribution in [0.25, 0.3) is 0 Å². The Bertz CT molecular complexity index is 300. The van der Waals surface area contributed by atoms with Crippen molar-refractivity contribution in [2.24, 2.45) is 5.92 Å². The highest BCUT2D eigenvalue weighted by molar-refractivity contribution is 6.30. The molecule has 3 nitrogen and oxygen atoms in total. The van der Waals surface area contributed by atoms with Gasteiger partial charge in [-0.25, -0.2) is 0 Å². The first-order chi connectivity index (χ1) is 6.84. The maximum atomic E-state index is 5.77. The molecule has 76 valence electrons. The number of halogens is 1. The zero-order valence-corrected chi connectivity index (χ0v) is 8.54. The molecule has 1 aromatic rings. The fourth-order valence-electron chi connectivity index (χ4n) is 1.40. The Kier molecular flexibility index (Phi) is 3.22. The van der Waals surface area contributed by atoms with Crippen LogP contribution in [0, 0.1) is 5.92 Å². The average Bonchev–Trinajstić information content (AvgIpc) is 2.67. The number of nitrogens with zero attached hydrogens (tertiary/aromatic N) is 1. The molecule has 2 heterocycles.